The first-order chi connectivity index (χ1) is 11.4. The Morgan fingerprint density at radius 2 is 2.00 bits per heavy atom. The molecule has 0 spiro atoms. The third-order valence-electron chi connectivity index (χ3n) is 4.37. The van der Waals surface area contributed by atoms with Gasteiger partial charge in [0.2, 0.25) is 5.91 Å². The van der Waals surface area contributed by atoms with Crippen LogP contribution in [0.5, 0.6) is 0 Å². The van der Waals surface area contributed by atoms with Gasteiger partial charge in [-0.05, 0) is 54.3 Å². The molecule has 24 heavy (non-hydrogen) atoms. The molecule has 0 N–H and O–H groups in total. The van der Waals surface area contributed by atoms with Gasteiger partial charge in [0.15, 0.2) is 17.5 Å². The van der Waals surface area contributed by atoms with E-state index in [1.54, 1.807) is 4.90 Å². The molecule has 1 aromatic heterocycles. The zero-order chi connectivity index (χ0) is 17.3. The number of benzene rings is 1. The smallest absolute Gasteiger partial charge is 0.244 e. The lowest BCUT2D eigenvalue weighted by Crippen LogP contribution is -2.48. The molecular formula is C15H16F3N5O. The summed E-state index contributed by atoms with van der Waals surface area (Å²) in [5, 5.41) is 10.6. The average molecular weight is 339 g/mol. The number of carbonyl (C=O) groups excluding carboxylic acids is 1. The van der Waals surface area contributed by atoms with Gasteiger partial charge in [-0.15, -0.1) is 5.10 Å². The van der Waals surface area contributed by atoms with Crippen molar-refractivity contribution >= 4 is 5.91 Å². The number of nitrogens with zero attached hydrogens (tertiary/aromatic N) is 5. The van der Waals surface area contributed by atoms with Gasteiger partial charge in [0.25, 0.3) is 0 Å². The summed E-state index contributed by atoms with van der Waals surface area (Å²) in [5.74, 6) is -4.11. The second-order valence-corrected chi connectivity index (χ2v) is 6.20. The molecule has 0 saturated carbocycles. The standard InChI is InChI=1S/C15H16F3N5O/c1-15(7-10-5-11(16)14(18)12(17)6-10)3-2-4-23(15)13(24)8-22-9-19-20-21-22/h5-6,9H,2-4,7-8H2,1H3. The average Bonchev–Trinajstić information content (AvgIpc) is 3.14. The summed E-state index contributed by atoms with van der Waals surface area (Å²) in [6.45, 7) is 2.40. The molecule has 0 aliphatic carbocycles. The van der Waals surface area contributed by atoms with E-state index in [0.717, 1.165) is 18.6 Å². The van der Waals surface area contributed by atoms with Gasteiger partial charge in [-0.1, -0.05) is 0 Å². The fourth-order valence-corrected chi connectivity index (χ4v) is 3.26. The molecule has 1 aliphatic heterocycles. The number of hydrogen-bond acceptors (Lipinski definition) is 4. The molecule has 3 rings (SSSR count). The van der Waals surface area contributed by atoms with E-state index in [-0.39, 0.29) is 18.9 Å². The van der Waals surface area contributed by atoms with E-state index >= 15 is 0 Å². The third kappa shape index (κ3) is 3.10. The van der Waals surface area contributed by atoms with Crippen molar-refractivity contribution in [1.82, 2.24) is 25.1 Å². The van der Waals surface area contributed by atoms with E-state index in [2.05, 4.69) is 15.5 Å². The molecule has 1 aromatic carbocycles. The van der Waals surface area contributed by atoms with Crippen molar-refractivity contribution in [2.45, 2.75) is 38.3 Å². The fraction of sp³-hybridized carbons (Fsp3) is 0.467. The molecule has 6 nitrogen and oxygen atoms in total. The van der Waals surface area contributed by atoms with Crippen molar-refractivity contribution < 1.29 is 18.0 Å². The van der Waals surface area contributed by atoms with Crippen molar-refractivity contribution in [3.63, 3.8) is 0 Å². The van der Waals surface area contributed by atoms with Crippen molar-refractivity contribution in [3.8, 4) is 0 Å². The molecule has 0 radical (unpaired) electrons. The normalized spacial score (nSPS) is 20.6. The van der Waals surface area contributed by atoms with Crippen molar-refractivity contribution in [1.29, 1.82) is 0 Å². The van der Waals surface area contributed by atoms with Gasteiger partial charge in [-0.3, -0.25) is 4.79 Å². The topological polar surface area (TPSA) is 63.9 Å². The van der Waals surface area contributed by atoms with Crippen LogP contribution in [-0.4, -0.2) is 43.1 Å². The summed E-state index contributed by atoms with van der Waals surface area (Å²) in [6.07, 6.45) is 3.05. The number of tetrazole rings is 1. The maximum absolute atomic E-state index is 13.4. The number of hydrogen-bond donors (Lipinski definition) is 0. The molecule has 1 atom stereocenters. The summed E-state index contributed by atoms with van der Waals surface area (Å²) in [5.41, 5.74) is -0.280. The van der Waals surface area contributed by atoms with Gasteiger partial charge < -0.3 is 4.90 Å². The van der Waals surface area contributed by atoms with Gasteiger partial charge in [0.05, 0.1) is 0 Å². The molecule has 1 unspecified atom stereocenters. The lowest BCUT2D eigenvalue weighted by atomic mass is 9.90. The molecule has 1 saturated heterocycles. The zero-order valence-corrected chi connectivity index (χ0v) is 13.0. The van der Waals surface area contributed by atoms with E-state index in [9.17, 15) is 18.0 Å². The van der Waals surface area contributed by atoms with E-state index < -0.39 is 23.0 Å². The maximum Gasteiger partial charge on any atom is 0.244 e. The largest absolute Gasteiger partial charge is 0.335 e. The predicted molar refractivity (Wildman–Crippen MR) is 77.2 cm³/mol. The Morgan fingerprint density at radius 1 is 1.29 bits per heavy atom. The zero-order valence-electron chi connectivity index (χ0n) is 13.0. The molecule has 2 aromatic rings. The maximum atomic E-state index is 13.4. The summed E-state index contributed by atoms with van der Waals surface area (Å²) in [4.78, 5) is 14.2. The van der Waals surface area contributed by atoms with E-state index in [0.29, 0.717) is 18.5 Å². The second kappa shape index (κ2) is 6.21. The highest BCUT2D eigenvalue weighted by Crippen LogP contribution is 2.33. The minimum atomic E-state index is -1.48. The lowest BCUT2D eigenvalue weighted by molar-refractivity contribution is -0.135. The Bertz CT molecular complexity index is 729. The SMILES string of the molecule is CC1(Cc2cc(F)c(F)c(F)c2)CCCN1C(=O)Cn1cnnn1. The van der Waals surface area contributed by atoms with Gasteiger partial charge >= 0.3 is 0 Å². The molecule has 1 amide bonds. The Kier molecular flexibility index (Phi) is 4.25. The Balaban J connectivity index is 1.79. The van der Waals surface area contributed by atoms with Gasteiger partial charge in [0, 0.05) is 12.1 Å². The lowest BCUT2D eigenvalue weighted by Gasteiger charge is -2.35. The van der Waals surface area contributed by atoms with E-state index in [1.807, 2.05) is 6.92 Å². The highest BCUT2D eigenvalue weighted by molar-refractivity contribution is 5.77. The molecule has 0 bridgehead atoms. The number of halogens is 3. The molecule has 1 fully saturated rings. The number of likely N-dealkylation sites (tertiary alicyclic amines) is 1. The first-order valence-electron chi connectivity index (χ1n) is 7.54. The molecule has 1 aliphatic rings. The van der Waals surface area contributed by atoms with Crippen LogP contribution in [0.2, 0.25) is 0 Å². The van der Waals surface area contributed by atoms with Crippen LogP contribution in [0, 0.1) is 17.5 Å². The van der Waals surface area contributed by atoms with E-state index in [4.69, 9.17) is 0 Å². The Hall–Kier alpha value is -2.45. The Morgan fingerprint density at radius 3 is 2.62 bits per heavy atom. The molecule has 2 heterocycles. The van der Waals surface area contributed by atoms with E-state index in [1.165, 1.54) is 11.0 Å². The van der Waals surface area contributed by atoms with Crippen LogP contribution in [0.4, 0.5) is 13.2 Å². The summed E-state index contributed by atoms with van der Waals surface area (Å²) >= 11 is 0. The monoisotopic (exact) mass is 339 g/mol. The number of rotatable bonds is 4. The van der Waals surface area contributed by atoms with Crippen molar-refractivity contribution in [2.24, 2.45) is 0 Å². The molecular weight excluding hydrogens is 323 g/mol. The van der Waals surface area contributed by atoms with Gasteiger partial charge in [-0.2, -0.15) is 0 Å². The molecule has 9 heteroatoms. The van der Waals surface area contributed by atoms with Crippen LogP contribution < -0.4 is 0 Å². The van der Waals surface area contributed by atoms with Crippen LogP contribution in [0.1, 0.15) is 25.3 Å². The summed E-state index contributed by atoms with van der Waals surface area (Å²) in [6, 6.07) is 1.96. The highest BCUT2D eigenvalue weighted by atomic mass is 19.2. The first-order valence-corrected chi connectivity index (χ1v) is 7.54. The summed E-state index contributed by atoms with van der Waals surface area (Å²) < 4.78 is 41.3. The number of amides is 1. The van der Waals surface area contributed by atoms with Crippen LogP contribution >= 0.6 is 0 Å². The minimum absolute atomic E-state index is 0.00523. The third-order valence-corrected chi connectivity index (χ3v) is 4.37. The van der Waals surface area contributed by atoms with Crippen LogP contribution in [0.25, 0.3) is 0 Å². The van der Waals surface area contributed by atoms with Crippen molar-refractivity contribution in [2.75, 3.05) is 6.54 Å². The van der Waals surface area contributed by atoms with Crippen LogP contribution in [0.3, 0.4) is 0 Å². The number of carbonyl (C=O) groups is 1. The van der Waals surface area contributed by atoms with Gasteiger partial charge in [0.1, 0.15) is 12.9 Å². The fourth-order valence-electron chi connectivity index (χ4n) is 3.26. The van der Waals surface area contributed by atoms with Crippen LogP contribution in [0.15, 0.2) is 18.5 Å². The highest BCUT2D eigenvalue weighted by Gasteiger charge is 2.39. The first kappa shape index (κ1) is 16.4. The second-order valence-electron chi connectivity index (χ2n) is 6.20. The van der Waals surface area contributed by atoms with Crippen LogP contribution in [-0.2, 0) is 17.8 Å². The predicted octanol–water partition coefficient (Wildman–Crippen LogP) is 1.71. The van der Waals surface area contributed by atoms with Gasteiger partial charge in [-0.25, -0.2) is 17.9 Å². The Labute approximate surface area is 136 Å². The van der Waals surface area contributed by atoms with Crippen molar-refractivity contribution in [3.05, 3.63) is 41.5 Å². The quantitative estimate of drug-likeness (QED) is 0.796. The summed E-state index contributed by atoms with van der Waals surface area (Å²) in [7, 11) is 0. The molecule has 128 valence electrons. The number of aromatic nitrogens is 4. The minimum Gasteiger partial charge on any atom is -0.335 e.